The van der Waals surface area contributed by atoms with Gasteiger partial charge in [-0.15, -0.1) is 11.8 Å². The van der Waals surface area contributed by atoms with Gasteiger partial charge in [0.1, 0.15) is 0 Å². The molecule has 1 rings (SSSR count). The predicted octanol–water partition coefficient (Wildman–Crippen LogP) is 4.89. The number of thioether (sulfide) groups is 1. The second-order valence-corrected chi connectivity index (χ2v) is 5.89. The fourth-order valence-corrected chi connectivity index (χ4v) is 2.84. The fraction of sp³-hybridized carbons (Fsp3) is 0.625. The molecule has 0 aliphatic heterocycles. The van der Waals surface area contributed by atoms with Gasteiger partial charge in [0, 0.05) is 10.9 Å². The quantitative estimate of drug-likeness (QED) is 0.672. The van der Waals surface area contributed by atoms with Crippen LogP contribution < -0.4 is 5.32 Å². The number of hydrogen-bond acceptors (Lipinski definition) is 2. The Morgan fingerprint density at radius 2 is 1.83 bits per heavy atom. The van der Waals surface area contributed by atoms with E-state index in [9.17, 15) is 0 Å². The van der Waals surface area contributed by atoms with E-state index < -0.39 is 0 Å². The molecular formula is C16H27NS. The number of rotatable bonds is 8. The van der Waals surface area contributed by atoms with Crippen LogP contribution in [0.4, 0.5) is 0 Å². The molecule has 2 unspecified atom stereocenters. The van der Waals surface area contributed by atoms with Gasteiger partial charge in [-0.1, -0.05) is 45.7 Å². The minimum Gasteiger partial charge on any atom is -0.310 e. The molecule has 0 saturated carbocycles. The first-order valence-electron chi connectivity index (χ1n) is 7.08. The summed E-state index contributed by atoms with van der Waals surface area (Å²) in [4.78, 5) is 1.34. The maximum Gasteiger partial charge on any atom is 0.0322 e. The summed E-state index contributed by atoms with van der Waals surface area (Å²) in [5, 5.41) is 3.62. The first-order valence-corrected chi connectivity index (χ1v) is 8.31. The molecule has 2 atom stereocenters. The Hall–Kier alpha value is -0.470. The lowest BCUT2D eigenvalue weighted by Gasteiger charge is -2.22. The Bertz CT molecular complexity index is 320. The maximum absolute atomic E-state index is 3.62. The highest BCUT2D eigenvalue weighted by molar-refractivity contribution is 7.98. The predicted molar refractivity (Wildman–Crippen MR) is 83.3 cm³/mol. The molecule has 0 saturated heterocycles. The lowest BCUT2D eigenvalue weighted by atomic mass is 9.93. The zero-order valence-corrected chi connectivity index (χ0v) is 13.0. The van der Waals surface area contributed by atoms with Gasteiger partial charge in [-0.25, -0.2) is 0 Å². The molecule has 0 spiro atoms. The minimum atomic E-state index is 0.507. The summed E-state index contributed by atoms with van der Waals surface area (Å²) in [6, 6.07) is 9.52. The second kappa shape index (κ2) is 8.60. The molecule has 1 aromatic carbocycles. The van der Waals surface area contributed by atoms with E-state index in [-0.39, 0.29) is 0 Å². The molecule has 1 N–H and O–H groups in total. The van der Waals surface area contributed by atoms with E-state index >= 15 is 0 Å². The molecule has 0 aliphatic carbocycles. The summed E-state index contributed by atoms with van der Waals surface area (Å²) in [5.74, 6) is 0.791. The molecule has 1 nitrogen and oxygen atoms in total. The zero-order valence-electron chi connectivity index (χ0n) is 12.2. The lowest BCUT2D eigenvalue weighted by molar-refractivity contribution is 0.395. The van der Waals surface area contributed by atoms with Gasteiger partial charge in [0.15, 0.2) is 0 Å². The van der Waals surface area contributed by atoms with Crippen molar-refractivity contribution in [3.05, 3.63) is 29.8 Å². The highest BCUT2D eigenvalue weighted by atomic mass is 32.2. The first kappa shape index (κ1) is 15.6. The summed E-state index contributed by atoms with van der Waals surface area (Å²) in [6.07, 6.45) is 5.97. The molecule has 0 aliphatic rings. The van der Waals surface area contributed by atoms with Crippen LogP contribution in [0.1, 0.15) is 51.6 Å². The van der Waals surface area contributed by atoms with Crippen molar-refractivity contribution in [2.45, 2.75) is 51.0 Å². The Labute approximate surface area is 117 Å². The topological polar surface area (TPSA) is 12.0 Å². The van der Waals surface area contributed by atoms with Crippen LogP contribution >= 0.6 is 11.8 Å². The average Bonchev–Trinajstić information content (AvgIpc) is 2.39. The third kappa shape index (κ3) is 5.03. The van der Waals surface area contributed by atoms with Crippen molar-refractivity contribution in [3.8, 4) is 0 Å². The van der Waals surface area contributed by atoms with Gasteiger partial charge in [0.05, 0.1) is 0 Å². The highest BCUT2D eigenvalue weighted by Crippen LogP contribution is 2.25. The van der Waals surface area contributed by atoms with Crippen molar-refractivity contribution >= 4 is 11.8 Å². The molecule has 102 valence electrons. The maximum atomic E-state index is 3.62. The van der Waals surface area contributed by atoms with Crippen molar-refractivity contribution in [1.29, 1.82) is 0 Å². The number of nitrogens with one attached hydrogen (secondary N) is 1. The van der Waals surface area contributed by atoms with Gasteiger partial charge in [-0.2, -0.15) is 0 Å². The first-order chi connectivity index (χ1) is 8.71. The SMILES string of the molecule is CCCC(C)CC(NCC)c1ccc(SC)cc1. The summed E-state index contributed by atoms with van der Waals surface area (Å²) in [7, 11) is 0. The molecule has 18 heavy (non-hydrogen) atoms. The minimum absolute atomic E-state index is 0.507. The molecule has 2 heteroatoms. The summed E-state index contributed by atoms with van der Waals surface area (Å²) in [6.45, 7) is 7.86. The zero-order chi connectivity index (χ0) is 13.4. The van der Waals surface area contributed by atoms with E-state index in [1.165, 1.54) is 29.7 Å². The van der Waals surface area contributed by atoms with Gasteiger partial charge in [0.25, 0.3) is 0 Å². The van der Waals surface area contributed by atoms with Crippen molar-refractivity contribution in [2.24, 2.45) is 5.92 Å². The third-order valence-electron chi connectivity index (χ3n) is 3.39. The monoisotopic (exact) mass is 265 g/mol. The van der Waals surface area contributed by atoms with Gasteiger partial charge in [-0.3, -0.25) is 0 Å². The van der Waals surface area contributed by atoms with Crippen molar-refractivity contribution in [3.63, 3.8) is 0 Å². The molecule has 0 bridgehead atoms. The van der Waals surface area contributed by atoms with Crippen LogP contribution in [0.3, 0.4) is 0 Å². The molecule has 0 amide bonds. The fourth-order valence-electron chi connectivity index (χ4n) is 2.43. The van der Waals surface area contributed by atoms with E-state index in [0.29, 0.717) is 6.04 Å². The van der Waals surface area contributed by atoms with Crippen LogP contribution in [0.2, 0.25) is 0 Å². The molecule has 0 heterocycles. The standard InChI is InChI=1S/C16H27NS/c1-5-7-13(3)12-16(17-6-2)14-8-10-15(18-4)11-9-14/h8-11,13,16-17H,5-7,12H2,1-4H3. The van der Waals surface area contributed by atoms with E-state index in [4.69, 9.17) is 0 Å². The van der Waals surface area contributed by atoms with Crippen LogP contribution in [0.15, 0.2) is 29.2 Å². The Morgan fingerprint density at radius 3 is 2.33 bits per heavy atom. The molecule has 0 aromatic heterocycles. The van der Waals surface area contributed by atoms with Crippen molar-refractivity contribution < 1.29 is 0 Å². The van der Waals surface area contributed by atoms with E-state index in [0.717, 1.165) is 12.5 Å². The van der Waals surface area contributed by atoms with Gasteiger partial charge in [-0.05, 0) is 42.8 Å². The normalized spacial score (nSPS) is 14.4. The van der Waals surface area contributed by atoms with E-state index in [2.05, 4.69) is 56.6 Å². The highest BCUT2D eigenvalue weighted by Gasteiger charge is 2.13. The van der Waals surface area contributed by atoms with Crippen molar-refractivity contribution in [1.82, 2.24) is 5.32 Å². The summed E-state index contributed by atoms with van der Waals surface area (Å²) >= 11 is 1.80. The lowest BCUT2D eigenvalue weighted by Crippen LogP contribution is -2.22. The Kier molecular flexibility index (Phi) is 7.45. The largest absolute Gasteiger partial charge is 0.310 e. The smallest absolute Gasteiger partial charge is 0.0322 e. The molecule has 1 aromatic rings. The number of hydrogen-bond donors (Lipinski definition) is 1. The van der Waals surface area contributed by atoms with Crippen LogP contribution in [-0.4, -0.2) is 12.8 Å². The molecule has 0 fully saturated rings. The van der Waals surface area contributed by atoms with E-state index in [1.807, 2.05) is 0 Å². The van der Waals surface area contributed by atoms with Crippen LogP contribution in [0.5, 0.6) is 0 Å². The summed E-state index contributed by atoms with van der Waals surface area (Å²) < 4.78 is 0. The molecular weight excluding hydrogens is 238 g/mol. The Balaban J connectivity index is 2.69. The van der Waals surface area contributed by atoms with Crippen LogP contribution in [0, 0.1) is 5.92 Å². The number of benzene rings is 1. The average molecular weight is 265 g/mol. The molecule has 0 radical (unpaired) electrons. The van der Waals surface area contributed by atoms with E-state index in [1.54, 1.807) is 11.8 Å². The van der Waals surface area contributed by atoms with Crippen molar-refractivity contribution in [2.75, 3.05) is 12.8 Å². The van der Waals surface area contributed by atoms with Gasteiger partial charge >= 0.3 is 0 Å². The summed E-state index contributed by atoms with van der Waals surface area (Å²) in [5.41, 5.74) is 1.43. The second-order valence-electron chi connectivity index (χ2n) is 5.01. The third-order valence-corrected chi connectivity index (χ3v) is 4.13. The Morgan fingerprint density at radius 1 is 1.17 bits per heavy atom. The van der Waals surface area contributed by atoms with Gasteiger partial charge < -0.3 is 5.32 Å². The van der Waals surface area contributed by atoms with Gasteiger partial charge in [0.2, 0.25) is 0 Å². The van der Waals surface area contributed by atoms with Crippen LogP contribution in [-0.2, 0) is 0 Å². The van der Waals surface area contributed by atoms with Crippen LogP contribution in [0.25, 0.3) is 0 Å².